The lowest BCUT2D eigenvalue weighted by atomic mass is 10.0. The normalized spacial score (nSPS) is 13.0. The summed E-state index contributed by atoms with van der Waals surface area (Å²) in [5, 5.41) is 43.0. The molecule has 0 N–H and O–H groups in total. The summed E-state index contributed by atoms with van der Waals surface area (Å²) >= 11 is 0. The molecule has 0 atom stereocenters. The molecule has 0 aliphatic heterocycles. The van der Waals surface area contributed by atoms with Crippen LogP contribution >= 0.6 is 0 Å². The molecule has 2 aromatic carbocycles. The summed E-state index contributed by atoms with van der Waals surface area (Å²) in [6.45, 7) is 7.17. The van der Waals surface area contributed by atoms with Crippen LogP contribution in [0.4, 0.5) is 17.1 Å². The largest absolute Gasteiger partial charge is 0.284 e. The fourth-order valence-corrected chi connectivity index (χ4v) is 2.95. The van der Waals surface area contributed by atoms with Gasteiger partial charge in [-0.1, -0.05) is 0 Å². The van der Waals surface area contributed by atoms with E-state index in [1.165, 1.54) is 6.07 Å². The highest BCUT2D eigenvalue weighted by molar-refractivity contribution is 6.07. The number of nitrogens with zero attached hydrogens (tertiary/aromatic N) is 5. The van der Waals surface area contributed by atoms with E-state index in [2.05, 4.69) is 4.85 Å². The summed E-state index contributed by atoms with van der Waals surface area (Å²) in [7, 11) is 0. The quantitative estimate of drug-likeness (QED) is 0.297. The first-order chi connectivity index (χ1) is 12.8. The molecule has 0 fully saturated rings. The number of hydrogen-bond donors (Lipinski definition) is 0. The zero-order chi connectivity index (χ0) is 19.9. The first kappa shape index (κ1) is 17.2. The van der Waals surface area contributed by atoms with Gasteiger partial charge in [0.15, 0.2) is 0 Å². The van der Waals surface area contributed by atoms with Crippen LogP contribution in [0, 0.1) is 48.2 Å². The second-order valence-corrected chi connectivity index (χ2v) is 5.34. The number of nitro benzene ring substituents is 3. The van der Waals surface area contributed by atoms with Crippen LogP contribution in [0.1, 0.15) is 11.1 Å². The van der Waals surface area contributed by atoms with Crippen molar-refractivity contribution in [3.05, 3.63) is 88.9 Å². The van der Waals surface area contributed by atoms with E-state index in [-0.39, 0.29) is 33.5 Å². The summed E-state index contributed by atoms with van der Waals surface area (Å²) in [4.78, 5) is 34.4. The van der Waals surface area contributed by atoms with Crippen molar-refractivity contribution >= 4 is 22.6 Å². The Labute approximate surface area is 149 Å². The average Bonchev–Trinajstić information content (AvgIpc) is 2.95. The standard InChI is InChI=1S/C16H5N5O6/c1-18-13(7-17)15-11-4-8(19(22)23)2-3-10(11)16-12(15)5-9(20(24)25)6-14(16)21(26)27/h2-6H/b15-13-. The summed E-state index contributed by atoms with van der Waals surface area (Å²) in [5.41, 5.74) is -1.95. The zero-order valence-corrected chi connectivity index (χ0v) is 13.1. The molecule has 11 heteroatoms. The van der Waals surface area contributed by atoms with Gasteiger partial charge in [-0.15, -0.1) is 0 Å². The maximum absolute atomic E-state index is 11.5. The third kappa shape index (κ3) is 2.52. The number of rotatable bonds is 3. The Balaban J connectivity index is 2.53. The van der Waals surface area contributed by atoms with E-state index in [0.717, 1.165) is 24.3 Å². The molecule has 11 nitrogen and oxygen atoms in total. The molecule has 0 saturated heterocycles. The number of allylic oxidation sites excluding steroid dienone is 1. The monoisotopic (exact) mass is 363 g/mol. The van der Waals surface area contributed by atoms with Gasteiger partial charge in [-0.2, -0.15) is 0 Å². The molecule has 2 aromatic rings. The highest BCUT2D eigenvalue weighted by Gasteiger charge is 2.36. The SMILES string of the molecule is [C-]#[N+]/C(C#N)=C1/c2cc([N+](=O)[O-])ccc2-c2c1cc([N+](=O)[O-])cc2[N+](=O)[O-]. The van der Waals surface area contributed by atoms with Crippen LogP contribution in [0.2, 0.25) is 0 Å². The molecule has 0 aromatic heterocycles. The summed E-state index contributed by atoms with van der Waals surface area (Å²) in [5.74, 6) is 0. The molecule has 3 rings (SSSR count). The lowest BCUT2D eigenvalue weighted by Gasteiger charge is -2.03. The van der Waals surface area contributed by atoms with Crippen LogP contribution in [-0.4, -0.2) is 14.8 Å². The highest BCUT2D eigenvalue weighted by Crippen LogP contribution is 2.51. The topological polar surface area (TPSA) is 158 Å². The van der Waals surface area contributed by atoms with Crippen molar-refractivity contribution in [1.29, 1.82) is 5.26 Å². The lowest BCUT2D eigenvalue weighted by molar-refractivity contribution is -0.393. The Kier molecular flexibility index (Phi) is 3.83. The molecular formula is C16H5N5O6. The van der Waals surface area contributed by atoms with Gasteiger partial charge in [-0.05, 0) is 22.8 Å². The minimum Gasteiger partial charge on any atom is -0.258 e. The predicted molar refractivity (Wildman–Crippen MR) is 90.1 cm³/mol. The van der Waals surface area contributed by atoms with E-state index in [9.17, 15) is 35.6 Å². The van der Waals surface area contributed by atoms with Gasteiger partial charge < -0.3 is 0 Å². The van der Waals surface area contributed by atoms with Crippen molar-refractivity contribution in [2.24, 2.45) is 0 Å². The van der Waals surface area contributed by atoms with E-state index in [1.54, 1.807) is 6.07 Å². The maximum Gasteiger partial charge on any atom is 0.284 e. The van der Waals surface area contributed by atoms with Crippen molar-refractivity contribution in [1.82, 2.24) is 0 Å². The first-order valence-electron chi connectivity index (χ1n) is 7.08. The van der Waals surface area contributed by atoms with Gasteiger partial charge in [0.05, 0.1) is 39.0 Å². The van der Waals surface area contributed by atoms with Crippen LogP contribution in [-0.2, 0) is 0 Å². The Hall–Kier alpha value is -4.64. The molecule has 0 radical (unpaired) electrons. The minimum absolute atomic E-state index is 0.0260. The molecule has 0 spiro atoms. The zero-order valence-electron chi connectivity index (χ0n) is 13.1. The van der Waals surface area contributed by atoms with E-state index < -0.39 is 31.8 Å². The maximum atomic E-state index is 11.5. The van der Waals surface area contributed by atoms with E-state index in [0.29, 0.717) is 0 Å². The van der Waals surface area contributed by atoms with Crippen molar-refractivity contribution in [2.75, 3.05) is 0 Å². The molecule has 0 amide bonds. The van der Waals surface area contributed by atoms with Crippen LogP contribution in [0.3, 0.4) is 0 Å². The van der Waals surface area contributed by atoms with Gasteiger partial charge in [-0.3, -0.25) is 30.3 Å². The van der Waals surface area contributed by atoms with Crippen LogP contribution in [0.25, 0.3) is 21.5 Å². The molecule has 1 aliphatic carbocycles. The molecule has 130 valence electrons. The van der Waals surface area contributed by atoms with E-state index in [4.69, 9.17) is 6.57 Å². The molecule has 0 heterocycles. The lowest BCUT2D eigenvalue weighted by Crippen LogP contribution is -1.97. The van der Waals surface area contributed by atoms with Crippen LogP contribution in [0.5, 0.6) is 0 Å². The predicted octanol–water partition coefficient (Wildman–Crippen LogP) is 3.59. The Bertz CT molecular complexity index is 1170. The summed E-state index contributed by atoms with van der Waals surface area (Å²) in [6.07, 6.45) is 0. The van der Waals surface area contributed by atoms with Gasteiger partial charge in [-0.25, -0.2) is 10.1 Å². The number of hydrogen-bond acceptors (Lipinski definition) is 7. The van der Waals surface area contributed by atoms with Gasteiger partial charge in [0.1, 0.15) is 0 Å². The molecular weight excluding hydrogens is 358 g/mol. The van der Waals surface area contributed by atoms with Crippen molar-refractivity contribution in [2.45, 2.75) is 0 Å². The van der Waals surface area contributed by atoms with Crippen molar-refractivity contribution in [3.8, 4) is 17.2 Å². The third-order valence-corrected chi connectivity index (χ3v) is 3.99. The van der Waals surface area contributed by atoms with E-state index >= 15 is 0 Å². The highest BCUT2D eigenvalue weighted by atomic mass is 16.6. The Morgan fingerprint density at radius 3 is 2.07 bits per heavy atom. The van der Waals surface area contributed by atoms with Crippen molar-refractivity contribution in [3.63, 3.8) is 0 Å². The average molecular weight is 363 g/mol. The number of benzene rings is 2. The minimum atomic E-state index is -0.833. The summed E-state index contributed by atoms with van der Waals surface area (Å²) < 4.78 is 0. The number of non-ortho nitro benzene ring substituents is 2. The Morgan fingerprint density at radius 1 is 0.926 bits per heavy atom. The smallest absolute Gasteiger partial charge is 0.258 e. The van der Waals surface area contributed by atoms with Gasteiger partial charge in [0.25, 0.3) is 22.8 Å². The fourth-order valence-electron chi connectivity index (χ4n) is 2.95. The van der Waals surface area contributed by atoms with Crippen LogP contribution in [0.15, 0.2) is 36.0 Å². The van der Waals surface area contributed by atoms with Crippen LogP contribution < -0.4 is 0 Å². The number of nitro groups is 3. The molecule has 1 aliphatic rings. The summed E-state index contributed by atoms with van der Waals surface area (Å²) in [6, 6.07) is 6.90. The van der Waals surface area contributed by atoms with Gasteiger partial charge in [0, 0.05) is 23.8 Å². The fraction of sp³-hybridized carbons (Fsp3) is 0. The van der Waals surface area contributed by atoms with Gasteiger partial charge in [0.2, 0.25) is 0 Å². The Morgan fingerprint density at radius 2 is 1.56 bits per heavy atom. The van der Waals surface area contributed by atoms with Gasteiger partial charge >= 0.3 is 0 Å². The van der Waals surface area contributed by atoms with Crippen molar-refractivity contribution < 1.29 is 14.8 Å². The number of nitriles is 1. The van der Waals surface area contributed by atoms with E-state index in [1.807, 2.05) is 0 Å². The molecule has 27 heavy (non-hydrogen) atoms. The second kappa shape index (κ2) is 6.02. The first-order valence-corrected chi connectivity index (χ1v) is 7.08. The molecule has 0 unspecified atom stereocenters. The number of fused-ring (bicyclic) bond motifs is 3. The third-order valence-electron chi connectivity index (χ3n) is 3.99. The molecule has 0 saturated carbocycles. The second-order valence-electron chi connectivity index (χ2n) is 5.34. The molecule has 0 bridgehead atoms.